The van der Waals surface area contributed by atoms with Crippen molar-refractivity contribution in [3.8, 4) is 16.9 Å². The van der Waals surface area contributed by atoms with Crippen molar-refractivity contribution in [2.75, 3.05) is 18.5 Å². The predicted octanol–water partition coefficient (Wildman–Crippen LogP) is 3.60. The smallest absolute Gasteiger partial charge is 0.254 e. The number of benzene rings is 3. The number of aliphatic hydroxyl groups excluding tert-OH is 2. The predicted molar refractivity (Wildman–Crippen MR) is 113 cm³/mol. The van der Waals surface area contributed by atoms with Crippen LogP contribution in [0.2, 0.25) is 0 Å². The van der Waals surface area contributed by atoms with Crippen molar-refractivity contribution < 1.29 is 28.5 Å². The maximum absolute atomic E-state index is 14.7. The highest BCUT2D eigenvalue weighted by Crippen LogP contribution is 2.32. The lowest BCUT2D eigenvalue weighted by molar-refractivity contribution is 0.0751. The minimum absolute atomic E-state index is 0.0226. The van der Waals surface area contributed by atoms with E-state index in [-0.39, 0.29) is 35.7 Å². The first-order valence-corrected chi connectivity index (χ1v) is 9.56. The molecule has 1 atom stereocenters. The molecular weight excluding hydrogens is 406 g/mol. The van der Waals surface area contributed by atoms with Gasteiger partial charge in [0.25, 0.3) is 5.91 Å². The summed E-state index contributed by atoms with van der Waals surface area (Å²) >= 11 is 0. The molecule has 0 aliphatic carbocycles. The van der Waals surface area contributed by atoms with E-state index in [0.29, 0.717) is 5.56 Å². The number of rotatable bonds is 9. The first kappa shape index (κ1) is 22.2. The second-order valence-corrected chi connectivity index (χ2v) is 6.85. The Balaban J connectivity index is 1.89. The van der Waals surface area contributed by atoms with E-state index in [2.05, 4.69) is 5.32 Å². The third-order valence-electron chi connectivity index (χ3n) is 4.58. The molecule has 0 aliphatic rings. The number of primary amides is 1. The highest BCUT2D eigenvalue weighted by atomic mass is 19.1. The summed E-state index contributed by atoms with van der Waals surface area (Å²) in [5.41, 5.74) is 6.74. The number of carbonyl (C=O) groups is 1. The minimum Gasteiger partial charge on any atom is -0.492 e. The number of hydrogen-bond donors (Lipinski definition) is 4. The Hall–Kier alpha value is -3.49. The van der Waals surface area contributed by atoms with Crippen LogP contribution in [0.25, 0.3) is 11.1 Å². The molecular formula is C23H22F2N2O4. The van der Waals surface area contributed by atoms with Gasteiger partial charge < -0.3 is 26.0 Å². The molecule has 0 bridgehead atoms. The standard InChI is InChI=1S/C23H22F2N2O4/c24-16-11-20(22(23(26)30)21(12-16)31-9-8-17(29)13-28)27-19-7-6-15(10-18(19)25)14-4-2-1-3-5-14/h1-7,10-12,17,27-29H,8-9,13H2,(H2,26,30)/t17-/m1/s1. The number of ether oxygens (including phenoxy) is 1. The second-order valence-electron chi connectivity index (χ2n) is 6.85. The molecule has 3 aromatic rings. The number of hydrogen-bond acceptors (Lipinski definition) is 5. The summed E-state index contributed by atoms with van der Waals surface area (Å²) in [4.78, 5) is 12.0. The van der Waals surface area contributed by atoms with E-state index in [9.17, 15) is 18.7 Å². The summed E-state index contributed by atoms with van der Waals surface area (Å²) in [6, 6.07) is 15.7. The van der Waals surface area contributed by atoms with Crippen molar-refractivity contribution in [2.24, 2.45) is 5.73 Å². The highest BCUT2D eigenvalue weighted by Gasteiger charge is 2.19. The summed E-state index contributed by atoms with van der Waals surface area (Å²) in [7, 11) is 0. The highest BCUT2D eigenvalue weighted by molar-refractivity contribution is 6.02. The lowest BCUT2D eigenvalue weighted by atomic mass is 10.0. The molecule has 0 radical (unpaired) electrons. The monoisotopic (exact) mass is 428 g/mol. The molecule has 0 fully saturated rings. The summed E-state index contributed by atoms with van der Waals surface area (Å²) in [5, 5.41) is 21.0. The summed E-state index contributed by atoms with van der Waals surface area (Å²) in [6.07, 6.45) is -0.954. The molecule has 0 aromatic heterocycles. The first-order valence-electron chi connectivity index (χ1n) is 9.56. The van der Waals surface area contributed by atoms with Crippen molar-refractivity contribution in [3.05, 3.63) is 77.9 Å². The van der Waals surface area contributed by atoms with Gasteiger partial charge in [0, 0.05) is 12.5 Å². The molecule has 6 nitrogen and oxygen atoms in total. The van der Waals surface area contributed by atoms with E-state index < -0.39 is 30.3 Å². The number of anilines is 2. The topological polar surface area (TPSA) is 105 Å². The maximum atomic E-state index is 14.7. The SMILES string of the molecule is NC(=O)c1c(Nc2ccc(-c3ccccc3)cc2F)cc(F)cc1OCC[C@@H](O)CO. The van der Waals surface area contributed by atoms with E-state index in [1.807, 2.05) is 30.3 Å². The van der Waals surface area contributed by atoms with Crippen LogP contribution in [0, 0.1) is 11.6 Å². The van der Waals surface area contributed by atoms with Gasteiger partial charge >= 0.3 is 0 Å². The van der Waals surface area contributed by atoms with Gasteiger partial charge in [0.1, 0.15) is 22.9 Å². The third-order valence-corrected chi connectivity index (χ3v) is 4.58. The number of carbonyl (C=O) groups excluding carboxylic acids is 1. The molecule has 1 amide bonds. The Morgan fingerprint density at radius 1 is 1.03 bits per heavy atom. The molecule has 5 N–H and O–H groups in total. The fourth-order valence-corrected chi connectivity index (χ4v) is 3.02. The Kier molecular flexibility index (Phi) is 7.17. The number of nitrogens with one attached hydrogen (secondary N) is 1. The van der Waals surface area contributed by atoms with Crippen LogP contribution >= 0.6 is 0 Å². The number of halogens is 2. The van der Waals surface area contributed by atoms with Crippen LogP contribution in [0.15, 0.2) is 60.7 Å². The molecule has 8 heteroatoms. The molecule has 31 heavy (non-hydrogen) atoms. The van der Waals surface area contributed by atoms with Crippen LogP contribution < -0.4 is 15.8 Å². The van der Waals surface area contributed by atoms with E-state index in [4.69, 9.17) is 15.6 Å². The van der Waals surface area contributed by atoms with Gasteiger partial charge in [0.05, 0.1) is 30.7 Å². The number of nitrogens with two attached hydrogens (primary N) is 1. The van der Waals surface area contributed by atoms with Gasteiger partial charge in [-0.05, 0) is 29.3 Å². The van der Waals surface area contributed by atoms with Crippen molar-refractivity contribution >= 4 is 17.3 Å². The molecule has 162 valence electrons. The molecule has 3 aromatic carbocycles. The van der Waals surface area contributed by atoms with Gasteiger partial charge in [-0.15, -0.1) is 0 Å². The van der Waals surface area contributed by atoms with Crippen LogP contribution in [0.5, 0.6) is 5.75 Å². The minimum atomic E-state index is -1.01. The lowest BCUT2D eigenvalue weighted by Crippen LogP contribution is -2.19. The fraction of sp³-hybridized carbons (Fsp3) is 0.174. The van der Waals surface area contributed by atoms with Gasteiger partial charge in [-0.25, -0.2) is 8.78 Å². The zero-order chi connectivity index (χ0) is 22.4. The quantitative estimate of drug-likeness (QED) is 0.417. The van der Waals surface area contributed by atoms with Crippen molar-refractivity contribution in [1.82, 2.24) is 0 Å². The van der Waals surface area contributed by atoms with Crippen LogP contribution in [0.1, 0.15) is 16.8 Å². The normalized spacial score (nSPS) is 11.7. The molecule has 0 saturated heterocycles. The summed E-state index contributed by atoms with van der Waals surface area (Å²) in [6.45, 7) is -0.550. The third kappa shape index (κ3) is 5.56. The van der Waals surface area contributed by atoms with E-state index >= 15 is 0 Å². The number of amides is 1. The Morgan fingerprint density at radius 2 is 1.77 bits per heavy atom. The Labute approximate surface area is 177 Å². The largest absolute Gasteiger partial charge is 0.492 e. The lowest BCUT2D eigenvalue weighted by Gasteiger charge is -2.17. The van der Waals surface area contributed by atoms with Crippen LogP contribution in [0.4, 0.5) is 20.2 Å². The van der Waals surface area contributed by atoms with Gasteiger partial charge in [-0.2, -0.15) is 0 Å². The van der Waals surface area contributed by atoms with Gasteiger partial charge in [0.2, 0.25) is 0 Å². The molecule has 0 unspecified atom stereocenters. The van der Waals surface area contributed by atoms with Crippen molar-refractivity contribution in [1.29, 1.82) is 0 Å². The van der Waals surface area contributed by atoms with Crippen LogP contribution in [-0.4, -0.2) is 35.4 Å². The Morgan fingerprint density at radius 3 is 2.42 bits per heavy atom. The summed E-state index contributed by atoms with van der Waals surface area (Å²) < 4.78 is 34.3. The van der Waals surface area contributed by atoms with Crippen molar-refractivity contribution in [3.63, 3.8) is 0 Å². The average Bonchev–Trinajstić information content (AvgIpc) is 2.75. The number of aliphatic hydroxyl groups is 2. The zero-order valence-corrected chi connectivity index (χ0v) is 16.5. The fourth-order valence-electron chi connectivity index (χ4n) is 3.02. The van der Waals surface area contributed by atoms with Gasteiger partial charge in [0.15, 0.2) is 0 Å². The first-order chi connectivity index (χ1) is 14.9. The molecule has 0 spiro atoms. The maximum Gasteiger partial charge on any atom is 0.254 e. The van der Waals surface area contributed by atoms with E-state index in [1.165, 1.54) is 12.1 Å². The van der Waals surface area contributed by atoms with Crippen LogP contribution in [0.3, 0.4) is 0 Å². The van der Waals surface area contributed by atoms with Crippen LogP contribution in [-0.2, 0) is 0 Å². The molecule has 3 rings (SSSR count). The van der Waals surface area contributed by atoms with Crippen molar-refractivity contribution in [2.45, 2.75) is 12.5 Å². The summed E-state index contributed by atoms with van der Waals surface area (Å²) in [5.74, 6) is -2.39. The average molecular weight is 428 g/mol. The van der Waals surface area contributed by atoms with Gasteiger partial charge in [-0.3, -0.25) is 4.79 Å². The molecule has 0 aliphatic heterocycles. The Bertz CT molecular complexity index is 1060. The van der Waals surface area contributed by atoms with E-state index in [0.717, 1.165) is 17.7 Å². The van der Waals surface area contributed by atoms with Gasteiger partial charge in [-0.1, -0.05) is 36.4 Å². The molecule has 0 saturated carbocycles. The molecule has 0 heterocycles. The second kappa shape index (κ2) is 10.0. The van der Waals surface area contributed by atoms with E-state index in [1.54, 1.807) is 6.07 Å². The zero-order valence-electron chi connectivity index (χ0n) is 16.5.